The zero-order valence-corrected chi connectivity index (χ0v) is 13.7. The number of carbonyl (C=O) groups is 2. The number of hydrogen-bond donors (Lipinski definition) is 2. The van der Waals surface area contributed by atoms with Gasteiger partial charge in [-0.1, -0.05) is 22.9 Å². The monoisotopic (exact) mass is 396 g/mol. The second kappa shape index (κ2) is 7.74. The number of anilines is 1. The van der Waals surface area contributed by atoms with Crippen molar-refractivity contribution >= 4 is 39.9 Å². The third kappa shape index (κ3) is 5.36. The van der Waals surface area contributed by atoms with Crippen molar-refractivity contribution in [1.29, 1.82) is 0 Å². The van der Waals surface area contributed by atoms with E-state index in [0.717, 1.165) is 12.1 Å². The van der Waals surface area contributed by atoms with E-state index in [0.29, 0.717) is 0 Å². The van der Waals surface area contributed by atoms with Crippen LogP contribution in [0.15, 0.2) is 18.2 Å². The molecule has 25 heavy (non-hydrogen) atoms. The Morgan fingerprint density at radius 1 is 1.24 bits per heavy atom. The molecule has 0 unspecified atom stereocenters. The first-order chi connectivity index (χ1) is 11.7. The molecular weight excluding hydrogens is 388 g/mol. The van der Waals surface area contributed by atoms with Crippen molar-refractivity contribution in [2.24, 2.45) is 0 Å². The number of hydrogen-bond acceptors (Lipinski definition) is 5. The highest BCUT2D eigenvalue weighted by Crippen LogP contribution is 2.32. The predicted octanol–water partition coefficient (Wildman–Crippen LogP) is 3.11. The number of amides is 2. The minimum Gasteiger partial charge on any atom is -0.351 e. The number of nitrogens with one attached hydrogen (secondary N) is 2. The van der Waals surface area contributed by atoms with Crippen LogP contribution in [0.4, 0.5) is 22.7 Å². The molecule has 0 aliphatic heterocycles. The Morgan fingerprint density at radius 2 is 1.96 bits per heavy atom. The lowest BCUT2D eigenvalue weighted by atomic mass is 10.2. The molecule has 1 aromatic heterocycles. The van der Waals surface area contributed by atoms with Gasteiger partial charge in [0, 0.05) is 13.0 Å². The number of halogens is 5. The molecule has 0 bridgehead atoms. The molecule has 0 fully saturated rings. The summed E-state index contributed by atoms with van der Waals surface area (Å²) in [7, 11) is 0. The zero-order valence-electron chi connectivity index (χ0n) is 12.2. The number of aromatic nitrogens is 2. The van der Waals surface area contributed by atoms with Crippen LogP contribution in [0.5, 0.6) is 0 Å². The van der Waals surface area contributed by atoms with Crippen LogP contribution >= 0.6 is 22.9 Å². The van der Waals surface area contributed by atoms with Gasteiger partial charge in [0.1, 0.15) is 5.82 Å². The Kier molecular flexibility index (Phi) is 5.90. The lowest BCUT2D eigenvalue weighted by Gasteiger charge is -2.06. The molecule has 2 rings (SSSR count). The highest BCUT2D eigenvalue weighted by molar-refractivity contribution is 7.15. The summed E-state index contributed by atoms with van der Waals surface area (Å²) >= 11 is 5.92. The van der Waals surface area contributed by atoms with Gasteiger partial charge >= 0.3 is 6.18 Å². The standard InChI is InChI=1S/C13H9ClF4N4O2S/c14-8-5-6(15)1-2-7(8)10(24)19-4-3-9(23)20-12-22-21-11(25-12)13(16,17)18/h1-2,5H,3-4H2,(H,19,24)(H,20,22,23). The van der Waals surface area contributed by atoms with E-state index < -0.39 is 28.8 Å². The smallest absolute Gasteiger partial charge is 0.351 e. The van der Waals surface area contributed by atoms with Crippen molar-refractivity contribution in [2.75, 3.05) is 11.9 Å². The molecule has 0 saturated carbocycles. The molecule has 0 atom stereocenters. The highest BCUT2D eigenvalue weighted by atomic mass is 35.5. The first-order valence-electron chi connectivity index (χ1n) is 6.60. The maximum absolute atomic E-state index is 12.9. The molecule has 1 aromatic carbocycles. The average molecular weight is 397 g/mol. The number of alkyl halides is 3. The Bertz CT molecular complexity index is 797. The minimum atomic E-state index is -4.64. The summed E-state index contributed by atoms with van der Waals surface area (Å²) in [5, 5.41) is 9.09. The van der Waals surface area contributed by atoms with E-state index in [1.54, 1.807) is 0 Å². The molecule has 12 heteroatoms. The average Bonchev–Trinajstić information content (AvgIpc) is 2.95. The third-order valence-electron chi connectivity index (χ3n) is 2.73. The first kappa shape index (κ1) is 19.1. The van der Waals surface area contributed by atoms with E-state index in [1.165, 1.54) is 6.07 Å². The second-order valence-corrected chi connectivity index (χ2v) is 5.97. The number of carbonyl (C=O) groups excluding carboxylic acids is 2. The van der Waals surface area contributed by atoms with Gasteiger partial charge in [0.25, 0.3) is 5.91 Å². The van der Waals surface area contributed by atoms with Crippen LogP contribution in [0.1, 0.15) is 21.8 Å². The van der Waals surface area contributed by atoms with Crippen LogP contribution in [0.25, 0.3) is 0 Å². The van der Waals surface area contributed by atoms with Gasteiger partial charge < -0.3 is 10.6 Å². The quantitative estimate of drug-likeness (QED) is 0.761. The SMILES string of the molecule is O=C(CCNC(=O)c1ccc(F)cc1Cl)Nc1nnc(C(F)(F)F)s1. The van der Waals surface area contributed by atoms with Gasteiger partial charge in [-0.05, 0) is 18.2 Å². The number of rotatable bonds is 5. The van der Waals surface area contributed by atoms with E-state index >= 15 is 0 Å². The molecule has 1 heterocycles. The van der Waals surface area contributed by atoms with Crippen molar-refractivity contribution in [3.8, 4) is 0 Å². The molecule has 6 nitrogen and oxygen atoms in total. The summed E-state index contributed by atoms with van der Waals surface area (Å²) in [5.74, 6) is -1.88. The molecule has 2 aromatic rings. The van der Waals surface area contributed by atoms with Crippen LogP contribution in [0, 0.1) is 5.82 Å². The van der Waals surface area contributed by atoms with Crippen LogP contribution in [0.3, 0.4) is 0 Å². The van der Waals surface area contributed by atoms with Crippen LogP contribution in [-0.2, 0) is 11.0 Å². The summed E-state index contributed by atoms with van der Waals surface area (Å²) in [6.45, 7) is -0.108. The summed E-state index contributed by atoms with van der Waals surface area (Å²) in [4.78, 5) is 23.5. The first-order valence-corrected chi connectivity index (χ1v) is 7.80. The number of nitrogens with zero attached hydrogens (tertiary/aromatic N) is 2. The highest BCUT2D eigenvalue weighted by Gasteiger charge is 2.35. The maximum Gasteiger partial charge on any atom is 0.445 e. The Morgan fingerprint density at radius 3 is 2.56 bits per heavy atom. The van der Waals surface area contributed by atoms with Gasteiger partial charge in [0.15, 0.2) is 0 Å². The second-order valence-electron chi connectivity index (χ2n) is 4.59. The van der Waals surface area contributed by atoms with Crippen molar-refractivity contribution < 1.29 is 27.2 Å². The molecular formula is C13H9ClF4N4O2S. The van der Waals surface area contributed by atoms with Gasteiger partial charge in [-0.25, -0.2) is 4.39 Å². The normalized spacial score (nSPS) is 11.2. The van der Waals surface area contributed by atoms with Gasteiger partial charge in [0.2, 0.25) is 16.0 Å². The molecule has 0 aliphatic rings. The Balaban J connectivity index is 1.82. The van der Waals surface area contributed by atoms with Crippen molar-refractivity contribution in [3.05, 3.63) is 39.6 Å². The topological polar surface area (TPSA) is 84.0 Å². The predicted molar refractivity (Wildman–Crippen MR) is 81.9 cm³/mol. The summed E-state index contributed by atoms with van der Waals surface area (Å²) in [6.07, 6.45) is -4.85. The van der Waals surface area contributed by atoms with Crippen LogP contribution < -0.4 is 10.6 Å². The molecule has 0 aliphatic carbocycles. The van der Waals surface area contributed by atoms with E-state index in [2.05, 4.69) is 20.8 Å². The van der Waals surface area contributed by atoms with Gasteiger partial charge in [-0.15, -0.1) is 10.2 Å². The minimum absolute atomic E-state index is 0.0300. The fraction of sp³-hybridized carbons (Fsp3) is 0.231. The van der Waals surface area contributed by atoms with E-state index in [4.69, 9.17) is 11.6 Å². The lowest BCUT2D eigenvalue weighted by molar-refractivity contribution is -0.138. The molecule has 0 saturated heterocycles. The van der Waals surface area contributed by atoms with E-state index in [1.807, 2.05) is 0 Å². The lowest BCUT2D eigenvalue weighted by Crippen LogP contribution is -2.27. The van der Waals surface area contributed by atoms with Crippen molar-refractivity contribution in [1.82, 2.24) is 15.5 Å². The Hall–Kier alpha value is -2.27. The summed E-state index contributed by atoms with van der Waals surface area (Å²) in [6, 6.07) is 3.21. The summed E-state index contributed by atoms with van der Waals surface area (Å²) in [5.41, 5.74) is 0.0300. The third-order valence-corrected chi connectivity index (χ3v) is 3.92. The Labute approximate surface area is 147 Å². The van der Waals surface area contributed by atoms with Gasteiger partial charge in [0.05, 0.1) is 10.6 Å². The maximum atomic E-state index is 12.9. The largest absolute Gasteiger partial charge is 0.445 e. The van der Waals surface area contributed by atoms with Crippen LogP contribution in [-0.4, -0.2) is 28.6 Å². The van der Waals surface area contributed by atoms with E-state index in [-0.39, 0.29) is 40.0 Å². The van der Waals surface area contributed by atoms with Crippen molar-refractivity contribution in [2.45, 2.75) is 12.6 Å². The molecule has 2 N–H and O–H groups in total. The molecule has 0 spiro atoms. The van der Waals surface area contributed by atoms with Crippen LogP contribution in [0.2, 0.25) is 5.02 Å². The van der Waals surface area contributed by atoms with Crippen molar-refractivity contribution in [3.63, 3.8) is 0 Å². The molecule has 2 amide bonds. The molecule has 0 radical (unpaired) electrons. The van der Waals surface area contributed by atoms with E-state index in [9.17, 15) is 27.2 Å². The van der Waals surface area contributed by atoms with Gasteiger partial charge in [-0.3, -0.25) is 9.59 Å². The fourth-order valence-corrected chi connectivity index (χ4v) is 2.51. The zero-order chi connectivity index (χ0) is 18.6. The van der Waals surface area contributed by atoms with Gasteiger partial charge in [-0.2, -0.15) is 13.2 Å². The number of benzene rings is 1. The molecule has 134 valence electrons. The summed E-state index contributed by atoms with van der Waals surface area (Å²) < 4.78 is 50.0. The fourth-order valence-electron chi connectivity index (χ4n) is 1.63.